The molecule has 2 nitrogen and oxygen atoms in total. The summed E-state index contributed by atoms with van der Waals surface area (Å²) in [5.74, 6) is 1.21. The number of aromatic nitrogens is 1. The van der Waals surface area contributed by atoms with Gasteiger partial charge in [-0.05, 0) is 25.0 Å². The molecule has 0 amide bonds. The second-order valence-electron chi connectivity index (χ2n) is 4.00. The van der Waals surface area contributed by atoms with Gasteiger partial charge in [-0.1, -0.05) is 26.2 Å². The Morgan fingerprint density at radius 3 is 2.75 bits per heavy atom. The third-order valence-corrected chi connectivity index (χ3v) is 2.70. The van der Waals surface area contributed by atoms with Crippen molar-refractivity contribution in [1.82, 2.24) is 4.98 Å². The molecule has 0 atom stereocenters. The molecule has 0 bridgehead atoms. The highest BCUT2D eigenvalue weighted by molar-refractivity contribution is 6.17. The van der Waals surface area contributed by atoms with Crippen molar-refractivity contribution in [3.63, 3.8) is 0 Å². The van der Waals surface area contributed by atoms with Crippen LogP contribution in [-0.2, 0) is 5.88 Å². The molecular weight excluding hydrogens is 222 g/mol. The number of alkyl halides is 1. The quantitative estimate of drug-likeness (QED) is 0.530. The van der Waals surface area contributed by atoms with Crippen molar-refractivity contribution < 1.29 is 4.74 Å². The van der Waals surface area contributed by atoms with E-state index in [4.69, 9.17) is 16.3 Å². The summed E-state index contributed by atoms with van der Waals surface area (Å²) in [5.41, 5.74) is 2.03. The lowest BCUT2D eigenvalue weighted by molar-refractivity contribution is 0.293. The summed E-state index contributed by atoms with van der Waals surface area (Å²) in [5, 5.41) is 0. The predicted molar refractivity (Wildman–Crippen MR) is 68.2 cm³/mol. The van der Waals surface area contributed by atoms with E-state index < -0.39 is 0 Å². The number of nitrogens with zero attached hydrogens (tertiary/aromatic N) is 1. The van der Waals surface area contributed by atoms with Crippen molar-refractivity contribution in [2.75, 3.05) is 6.61 Å². The van der Waals surface area contributed by atoms with Gasteiger partial charge in [-0.2, -0.15) is 0 Å². The van der Waals surface area contributed by atoms with Crippen LogP contribution < -0.4 is 4.74 Å². The monoisotopic (exact) mass is 241 g/mol. The summed E-state index contributed by atoms with van der Waals surface area (Å²) in [4.78, 5) is 4.32. The Balaban J connectivity index is 2.38. The van der Waals surface area contributed by atoms with E-state index in [1.165, 1.54) is 19.3 Å². The summed E-state index contributed by atoms with van der Waals surface area (Å²) >= 11 is 5.79. The van der Waals surface area contributed by atoms with Gasteiger partial charge in [0.05, 0.1) is 6.61 Å². The van der Waals surface area contributed by atoms with E-state index >= 15 is 0 Å². The molecule has 1 aromatic rings. The van der Waals surface area contributed by atoms with E-state index in [9.17, 15) is 0 Å². The number of halogens is 1. The number of aryl methyl sites for hydroxylation is 1. The van der Waals surface area contributed by atoms with E-state index in [1.807, 2.05) is 19.1 Å². The Hall–Kier alpha value is -0.760. The lowest BCUT2D eigenvalue weighted by Crippen LogP contribution is -2.00. The van der Waals surface area contributed by atoms with E-state index in [0.29, 0.717) is 11.8 Å². The zero-order valence-electron chi connectivity index (χ0n) is 10.1. The third-order valence-electron chi connectivity index (χ3n) is 2.39. The van der Waals surface area contributed by atoms with Crippen LogP contribution in [0.1, 0.15) is 43.9 Å². The molecule has 0 unspecified atom stereocenters. The Kier molecular flexibility index (Phi) is 6.24. The first kappa shape index (κ1) is 13.3. The van der Waals surface area contributed by atoms with E-state index in [-0.39, 0.29) is 0 Å². The topological polar surface area (TPSA) is 22.1 Å². The number of ether oxygens (including phenoxy) is 1. The third kappa shape index (κ3) is 4.84. The second-order valence-corrected chi connectivity index (χ2v) is 4.27. The number of unbranched alkanes of at least 4 members (excludes halogenated alkanes) is 3. The van der Waals surface area contributed by atoms with Gasteiger partial charge in [-0.25, -0.2) is 4.98 Å². The number of hydrogen-bond acceptors (Lipinski definition) is 2. The summed E-state index contributed by atoms with van der Waals surface area (Å²) in [6.07, 6.45) is 4.85. The highest BCUT2D eigenvalue weighted by Crippen LogP contribution is 2.14. The minimum absolute atomic E-state index is 0.509. The molecule has 0 aromatic carbocycles. The summed E-state index contributed by atoms with van der Waals surface area (Å²) in [6, 6.07) is 3.90. The molecule has 90 valence electrons. The zero-order chi connectivity index (χ0) is 11.8. The average Bonchev–Trinajstić information content (AvgIpc) is 2.28. The Labute approximate surface area is 103 Å². The summed E-state index contributed by atoms with van der Waals surface area (Å²) in [6.45, 7) is 4.91. The van der Waals surface area contributed by atoms with Crippen molar-refractivity contribution >= 4 is 11.6 Å². The van der Waals surface area contributed by atoms with E-state index in [1.54, 1.807) is 0 Å². The van der Waals surface area contributed by atoms with Crippen molar-refractivity contribution in [3.8, 4) is 5.88 Å². The standard InChI is InChI=1S/C13H20ClNO/c1-3-4-5-6-7-16-13-9-12(10-14)8-11(2)15-13/h8-9H,3-7,10H2,1-2H3. The molecular formula is C13H20ClNO. The van der Waals surface area contributed by atoms with Gasteiger partial charge in [-0.15, -0.1) is 11.6 Å². The molecule has 0 radical (unpaired) electrons. The molecule has 0 saturated heterocycles. The Morgan fingerprint density at radius 1 is 1.25 bits per heavy atom. The first-order chi connectivity index (χ1) is 7.76. The molecule has 16 heavy (non-hydrogen) atoms. The van der Waals surface area contributed by atoms with Gasteiger partial charge in [0, 0.05) is 17.6 Å². The maximum atomic E-state index is 5.79. The van der Waals surface area contributed by atoms with Crippen LogP contribution in [0.4, 0.5) is 0 Å². The normalized spacial score (nSPS) is 10.4. The second kappa shape index (κ2) is 7.50. The molecule has 0 N–H and O–H groups in total. The lowest BCUT2D eigenvalue weighted by Gasteiger charge is -2.07. The van der Waals surface area contributed by atoms with Crippen molar-refractivity contribution in [2.24, 2.45) is 0 Å². The smallest absolute Gasteiger partial charge is 0.213 e. The number of pyridine rings is 1. The highest BCUT2D eigenvalue weighted by atomic mass is 35.5. The van der Waals surface area contributed by atoms with Crippen LogP contribution in [0.25, 0.3) is 0 Å². The maximum Gasteiger partial charge on any atom is 0.213 e. The first-order valence-corrected chi connectivity index (χ1v) is 6.46. The zero-order valence-corrected chi connectivity index (χ0v) is 10.9. The van der Waals surface area contributed by atoms with Crippen LogP contribution in [0.5, 0.6) is 5.88 Å². The van der Waals surface area contributed by atoms with Crippen LogP contribution in [0.15, 0.2) is 12.1 Å². The largest absolute Gasteiger partial charge is 0.478 e. The molecule has 0 aliphatic carbocycles. The molecule has 1 heterocycles. The maximum absolute atomic E-state index is 5.79. The SMILES string of the molecule is CCCCCCOc1cc(CCl)cc(C)n1. The molecule has 1 aromatic heterocycles. The lowest BCUT2D eigenvalue weighted by atomic mass is 10.2. The minimum Gasteiger partial charge on any atom is -0.478 e. The fourth-order valence-corrected chi connectivity index (χ4v) is 1.72. The van der Waals surface area contributed by atoms with Crippen LogP contribution in [0.3, 0.4) is 0 Å². The van der Waals surface area contributed by atoms with E-state index in [2.05, 4.69) is 11.9 Å². The molecule has 0 aliphatic rings. The van der Waals surface area contributed by atoms with Crippen LogP contribution in [0.2, 0.25) is 0 Å². The van der Waals surface area contributed by atoms with Gasteiger partial charge in [0.2, 0.25) is 5.88 Å². The summed E-state index contributed by atoms with van der Waals surface area (Å²) < 4.78 is 5.61. The average molecular weight is 242 g/mol. The van der Waals surface area contributed by atoms with Gasteiger partial charge >= 0.3 is 0 Å². The van der Waals surface area contributed by atoms with Crippen LogP contribution >= 0.6 is 11.6 Å². The molecule has 3 heteroatoms. The van der Waals surface area contributed by atoms with Gasteiger partial charge < -0.3 is 4.74 Å². The van der Waals surface area contributed by atoms with E-state index in [0.717, 1.165) is 24.3 Å². The number of rotatable bonds is 7. The van der Waals surface area contributed by atoms with Gasteiger partial charge in [0.1, 0.15) is 0 Å². The molecule has 0 fully saturated rings. The fraction of sp³-hybridized carbons (Fsp3) is 0.615. The number of hydrogen-bond donors (Lipinski definition) is 0. The van der Waals surface area contributed by atoms with Crippen molar-refractivity contribution in [1.29, 1.82) is 0 Å². The van der Waals surface area contributed by atoms with Gasteiger partial charge in [0.15, 0.2) is 0 Å². The predicted octanol–water partition coefficient (Wildman–Crippen LogP) is 4.09. The fourth-order valence-electron chi connectivity index (χ4n) is 1.56. The first-order valence-electron chi connectivity index (χ1n) is 5.92. The van der Waals surface area contributed by atoms with Gasteiger partial charge in [-0.3, -0.25) is 0 Å². The van der Waals surface area contributed by atoms with Crippen LogP contribution in [-0.4, -0.2) is 11.6 Å². The van der Waals surface area contributed by atoms with Crippen molar-refractivity contribution in [3.05, 3.63) is 23.4 Å². The Morgan fingerprint density at radius 2 is 2.06 bits per heavy atom. The minimum atomic E-state index is 0.509. The molecule has 0 spiro atoms. The summed E-state index contributed by atoms with van der Waals surface area (Å²) in [7, 11) is 0. The molecule has 0 aliphatic heterocycles. The van der Waals surface area contributed by atoms with Gasteiger partial charge in [0.25, 0.3) is 0 Å². The molecule has 0 saturated carbocycles. The van der Waals surface area contributed by atoms with Crippen molar-refractivity contribution in [2.45, 2.75) is 45.4 Å². The highest BCUT2D eigenvalue weighted by Gasteiger charge is 2.00. The molecule has 1 rings (SSSR count). The Bertz CT molecular complexity index is 315. The van der Waals surface area contributed by atoms with Crippen LogP contribution in [0, 0.1) is 6.92 Å².